The first kappa shape index (κ1) is 6.51. The van der Waals surface area contributed by atoms with Gasteiger partial charge < -0.3 is 0 Å². The second-order valence-corrected chi connectivity index (χ2v) is 5.24. The lowest BCUT2D eigenvalue weighted by atomic mass is 9.82. The van der Waals surface area contributed by atoms with Crippen molar-refractivity contribution in [2.75, 3.05) is 0 Å². The lowest BCUT2D eigenvalue weighted by molar-refractivity contribution is 0.259. The van der Waals surface area contributed by atoms with Gasteiger partial charge in [-0.15, -0.1) is 0 Å². The van der Waals surface area contributed by atoms with Crippen LogP contribution in [0.25, 0.3) is 0 Å². The van der Waals surface area contributed by atoms with Crippen LogP contribution in [0.2, 0.25) is 0 Å². The predicted molar refractivity (Wildman–Crippen MR) is 46.2 cm³/mol. The highest BCUT2D eigenvalue weighted by molar-refractivity contribution is 5.00. The highest BCUT2D eigenvalue weighted by Crippen LogP contribution is 2.59. The van der Waals surface area contributed by atoms with Crippen molar-refractivity contribution in [1.82, 2.24) is 0 Å². The average molecular weight is 150 g/mol. The van der Waals surface area contributed by atoms with E-state index in [-0.39, 0.29) is 0 Å². The lowest BCUT2D eigenvalue weighted by Crippen LogP contribution is -2.15. The van der Waals surface area contributed by atoms with Crippen LogP contribution in [0.3, 0.4) is 0 Å². The Morgan fingerprint density at radius 2 is 1.36 bits per heavy atom. The maximum absolute atomic E-state index is 2.46. The van der Waals surface area contributed by atoms with Gasteiger partial charge in [-0.25, -0.2) is 0 Å². The summed E-state index contributed by atoms with van der Waals surface area (Å²) in [5, 5.41) is 0. The van der Waals surface area contributed by atoms with Crippen LogP contribution in [0.15, 0.2) is 0 Å². The van der Waals surface area contributed by atoms with E-state index >= 15 is 0 Å². The maximum Gasteiger partial charge on any atom is -0.0352 e. The molecule has 2 bridgehead atoms. The van der Waals surface area contributed by atoms with Crippen molar-refractivity contribution in [2.45, 2.75) is 39.0 Å². The van der Waals surface area contributed by atoms with Crippen LogP contribution in [-0.4, -0.2) is 0 Å². The van der Waals surface area contributed by atoms with Gasteiger partial charge in [0.15, 0.2) is 0 Å². The normalized spacial score (nSPS) is 60.3. The summed E-state index contributed by atoms with van der Waals surface area (Å²) in [5.41, 5.74) is 0. The van der Waals surface area contributed by atoms with Crippen LogP contribution < -0.4 is 0 Å². The predicted octanol–water partition coefficient (Wildman–Crippen LogP) is 3.08. The van der Waals surface area contributed by atoms with E-state index in [4.69, 9.17) is 0 Å². The van der Waals surface area contributed by atoms with E-state index in [1.807, 2.05) is 0 Å². The van der Waals surface area contributed by atoms with Gasteiger partial charge in [0, 0.05) is 0 Å². The van der Waals surface area contributed by atoms with E-state index in [0.29, 0.717) is 0 Å². The lowest BCUT2D eigenvalue weighted by Gasteiger charge is -2.23. The minimum Gasteiger partial charge on any atom is -0.0625 e. The standard InChI is InChI=1S/C11H18/c1-7-4-10-8-2-3-9(6-8)11(10)5-7/h7-11H,2-6H2,1H3. The van der Waals surface area contributed by atoms with E-state index in [9.17, 15) is 0 Å². The molecule has 0 saturated heterocycles. The minimum absolute atomic E-state index is 1.06. The van der Waals surface area contributed by atoms with Gasteiger partial charge in [0.05, 0.1) is 0 Å². The molecule has 0 heteroatoms. The largest absolute Gasteiger partial charge is 0.0625 e. The molecule has 0 radical (unpaired) electrons. The smallest absolute Gasteiger partial charge is 0.0352 e. The van der Waals surface area contributed by atoms with E-state index < -0.39 is 0 Å². The maximum atomic E-state index is 2.46. The second kappa shape index (κ2) is 2.02. The Labute approximate surface area is 69.4 Å². The Kier molecular flexibility index (Phi) is 1.20. The van der Waals surface area contributed by atoms with Crippen molar-refractivity contribution in [3.05, 3.63) is 0 Å². The molecule has 0 aliphatic heterocycles. The highest BCUT2D eigenvalue weighted by Gasteiger charge is 2.50. The molecular formula is C11H18. The summed E-state index contributed by atoms with van der Waals surface area (Å²) >= 11 is 0. The van der Waals surface area contributed by atoms with Crippen LogP contribution >= 0.6 is 0 Å². The quantitative estimate of drug-likeness (QED) is 0.498. The van der Waals surface area contributed by atoms with Gasteiger partial charge in [0.25, 0.3) is 0 Å². The number of rotatable bonds is 0. The zero-order valence-corrected chi connectivity index (χ0v) is 7.42. The summed E-state index contributed by atoms with van der Waals surface area (Å²) < 4.78 is 0. The topological polar surface area (TPSA) is 0 Å². The Morgan fingerprint density at radius 3 is 1.91 bits per heavy atom. The summed E-state index contributed by atoms with van der Waals surface area (Å²) in [7, 11) is 0. The van der Waals surface area contributed by atoms with E-state index in [1.54, 1.807) is 32.1 Å². The van der Waals surface area contributed by atoms with Gasteiger partial charge in [-0.3, -0.25) is 0 Å². The molecule has 3 saturated carbocycles. The van der Waals surface area contributed by atoms with Crippen molar-refractivity contribution >= 4 is 0 Å². The number of hydrogen-bond donors (Lipinski definition) is 0. The molecule has 0 heterocycles. The zero-order chi connectivity index (χ0) is 7.42. The molecule has 0 nitrogen and oxygen atoms in total. The van der Waals surface area contributed by atoms with Gasteiger partial charge >= 0.3 is 0 Å². The molecule has 62 valence electrons. The molecule has 3 rings (SSSR count). The van der Waals surface area contributed by atoms with Gasteiger partial charge in [-0.05, 0) is 61.7 Å². The average Bonchev–Trinajstić information content (AvgIpc) is 2.53. The molecule has 4 atom stereocenters. The molecule has 0 spiro atoms. The molecule has 0 N–H and O–H groups in total. The fourth-order valence-electron chi connectivity index (χ4n) is 4.29. The molecule has 3 aliphatic rings. The fraction of sp³-hybridized carbons (Fsp3) is 1.00. The third-order valence-electron chi connectivity index (χ3n) is 4.62. The molecular weight excluding hydrogens is 132 g/mol. The van der Waals surface area contributed by atoms with Crippen LogP contribution in [0.1, 0.15) is 39.0 Å². The van der Waals surface area contributed by atoms with Crippen molar-refractivity contribution < 1.29 is 0 Å². The molecule has 3 aliphatic carbocycles. The first-order valence-electron chi connectivity index (χ1n) is 5.34. The van der Waals surface area contributed by atoms with Gasteiger partial charge in [-0.1, -0.05) is 6.92 Å². The molecule has 11 heavy (non-hydrogen) atoms. The third kappa shape index (κ3) is 0.761. The molecule has 0 amide bonds. The van der Waals surface area contributed by atoms with Gasteiger partial charge in [0.2, 0.25) is 0 Å². The van der Waals surface area contributed by atoms with Crippen molar-refractivity contribution in [1.29, 1.82) is 0 Å². The summed E-state index contributed by atoms with van der Waals surface area (Å²) in [6.45, 7) is 2.46. The summed E-state index contributed by atoms with van der Waals surface area (Å²) in [6, 6.07) is 0. The first-order chi connectivity index (χ1) is 5.34. The summed E-state index contributed by atoms with van der Waals surface area (Å²) in [4.78, 5) is 0. The molecule has 3 fully saturated rings. The Bertz CT molecular complexity index is 155. The first-order valence-corrected chi connectivity index (χ1v) is 5.34. The zero-order valence-electron chi connectivity index (χ0n) is 7.42. The number of hydrogen-bond acceptors (Lipinski definition) is 0. The van der Waals surface area contributed by atoms with Crippen LogP contribution in [0.4, 0.5) is 0 Å². The molecule has 0 aromatic carbocycles. The van der Waals surface area contributed by atoms with Crippen LogP contribution in [0, 0.1) is 29.6 Å². The third-order valence-corrected chi connectivity index (χ3v) is 4.62. The Hall–Kier alpha value is 0. The number of fused-ring (bicyclic) bond motifs is 5. The van der Waals surface area contributed by atoms with Gasteiger partial charge in [0.1, 0.15) is 0 Å². The summed E-state index contributed by atoms with van der Waals surface area (Å²) in [6.07, 6.45) is 7.93. The SMILES string of the molecule is CC1CC2C3CCC(C3)C2C1. The molecule has 0 aromatic rings. The van der Waals surface area contributed by atoms with Crippen LogP contribution in [0.5, 0.6) is 0 Å². The highest BCUT2D eigenvalue weighted by atomic mass is 14.6. The monoisotopic (exact) mass is 150 g/mol. The van der Waals surface area contributed by atoms with Crippen molar-refractivity contribution in [2.24, 2.45) is 29.6 Å². The van der Waals surface area contributed by atoms with E-state index in [1.165, 1.54) is 23.7 Å². The van der Waals surface area contributed by atoms with Crippen molar-refractivity contribution in [3.63, 3.8) is 0 Å². The molecule has 4 unspecified atom stereocenters. The summed E-state index contributed by atoms with van der Waals surface area (Å²) in [5.74, 6) is 5.78. The van der Waals surface area contributed by atoms with Crippen molar-refractivity contribution in [3.8, 4) is 0 Å². The minimum atomic E-state index is 1.06. The van der Waals surface area contributed by atoms with E-state index in [0.717, 1.165) is 5.92 Å². The van der Waals surface area contributed by atoms with E-state index in [2.05, 4.69) is 6.92 Å². The molecule has 0 aromatic heterocycles. The second-order valence-electron chi connectivity index (χ2n) is 5.24. The Balaban J connectivity index is 1.87. The van der Waals surface area contributed by atoms with Gasteiger partial charge in [-0.2, -0.15) is 0 Å². The Morgan fingerprint density at radius 1 is 0.818 bits per heavy atom. The fourth-order valence-corrected chi connectivity index (χ4v) is 4.29. The van der Waals surface area contributed by atoms with Crippen LogP contribution in [-0.2, 0) is 0 Å².